The molecule has 0 amide bonds. The Bertz CT molecular complexity index is 2510. The Balaban J connectivity index is 1.39. The van der Waals surface area contributed by atoms with Crippen molar-refractivity contribution in [3.05, 3.63) is 121 Å². The minimum absolute atomic E-state index is 0.892. The molecule has 186 valence electrons. The summed E-state index contributed by atoms with van der Waals surface area (Å²) in [5.74, 6) is 0. The Morgan fingerprint density at radius 1 is 0.400 bits per heavy atom. The van der Waals surface area contributed by atoms with E-state index in [1.54, 1.807) is 0 Å². The molecule has 3 aromatic heterocycles. The zero-order chi connectivity index (χ0) is 25.9. The van der Waals surface area contributed by atoms with Gasteiger partial charge in [0.2, 0.25) is 0 Å². The summed E-state index contributed by atoms with van der Waals surface area (Å²) >= 11 is 0. The molecular weight excluding hydrogens is 492 g/mol. The van der Waals surface area contributed by atoms with Crippen LogP contribution in [0.4, 0.5) is 17.1 Å². The molecule has 4 heteroatoms. The zero-order valence-electron chi connectivity index (χ0n) is 21.3. The van der Waals surface area contributed by atoms with E-state index in [1.165, 1.54) is 27.2 Å². The summed E-state index contributed by atoms with van der Waals surface area (Å²) in [5, 5.41) is 6.99. The molecule has 0 unspecified atom stereocenters. The van der Waals surface area contributed by atoms with Crippen LogP contribution in [-0.4, -0.2) is 4.57 Å². The van der Waals surface area contributed by atoms with Gasteiger partial charge >= 0.3 is 0 Å². The second-order valence-corrected chi connectivity index (χ2v) is 10.5. The van der Waals surface area contributed by atoms with Gasteiger partial charge in [-0.1, -0.05) is 72.8 Å². The lowest BCUT2D eigenvalue weighted by atomic mass is 10.0. The number of para-hydroxylation sites is 6. The van der Waals surface area contributed by atoms with E-state index in [4.69, 9.17) is 8.83 Å². The monoisotopic (exact) mass is 512 g/mol. The highest BCUT2D eigenvalue weighted by Gasteiger charge is 2.31. The van der Waals surface area contributed by atoms with Crippen LogP contribution in [0.5, 0.6) is 0 Å². The van der Waals surface area contributed by atoms with E-state index >= 15 is 0 Å². The molecule has 0 N–H and O–H groups in total. The fraction of sp³-hybridized carbons (Fsp3) is 0. The van der Waals surface area contributed by atoms with Gasteiger partial charge in [-0.05, 0) is 48.5 Å². The molecule has 0 saturated carbocycles. The van der Waals surface area contributed by atoms with Crippen molar-refractivity contribution in [2.45, 2.75) is 0 Å². The van der Waals surface area contributed by atoms with Crippen molar-refractivity contribution in [3.63, 3.8) is 0 Å². The minimum atomic E-state index is 0.892. The topological polar surface area (TPSA) is 34.5 Å². The van der Waals surface area contributed by atoms with Crippen molar-refractivity contribution in [2.24, 2.45) is 0 Å². The molecule has 6 aromatic carbocycles. The van der Waals surface area contributed by atoms with Gasteiger partial charge in [0, 0.05) is 32.3 Å². The number of aromatic nitrogens is 1. The highest BCUT2D eigenvalue weighted by atomic mass is 16.3. The second-order valence-electron chi connectivity index (χ2n) is 10.5. The van der Waals surface area contributed by atoms with E-state index in [0.29, 0.717) is 0 Å². The van der Waals surface area contributed by atoms with E-state index in [2.05, 4.69) is 113 Å². The molecule has 9 aromatic rings. The first-order valence-corrected chi connectivity index (χ1v) is 13.5. The van der Waals surface area contributed by atoms with Crippen LogP contribution >= 0.6 is 0 Å². The van der Waals surface area contributed by atoms with Crippen LogP contribution in [0.1, 0.15) is 0 Å². The number of anilines is 3. The van der Waals surface area contributed by atoms with Gasteiger partial charge in [-0.15, -0.1) is 0 Å². The van der Waals surface area contributed by atoms with Crippen molar-refractivity contribution in [2.75, 3.05) is 4.90 Å². The van der Waals surface area contributed by atoms with E-state index < -0.39 is 0 Å². The third-order valence-electron chi connectivity index (χ3n) is 8.50. The third-order valence-corrected chi connectivity index (χ3v) is 8.50. The van der Waals surface area contributed by atoms with Crippen LogP contribution in [0.25, 0.3) is 71.4 Å². The highest BCUT2D eigenvalue weighted by Crippen LogP contribution is 2.52. The van der Waals surface area contributed by atoms with Gasteiger partial charge in [-0.3, -0.25) is 0 Å². The highest BCUT2D eigenvalue weighted by molar-refractivity contribution is 6.29. The smallest absolute Gasteiger partial charge is 0.159 e. The maximum absolute atomic E-state index is 6.53. The van der Waals surface area contributed by atoms with Crippen LogP contribution < -0.4 is 4.90 Å². The number of hydrogen-bond donors (Lipinski definition) is 0. The fourth-order valence-corrected chi connectivity index (χ4v) is 6.92. The van der Waals surface area contributed by atoms with Gasteiger partial charge in [-0.25, -0.2) is 0 Å². The second kappa shape index (κ2) is 7.13. The Morgan fingerprint density at radius 2 is 1.05 bits per heavy atom. The summed E-state index contributed by atoms with van der Waals surface area (Å²) in [6.45, 7) is 0. The van der Waals surface area contributed by atoms with E-state index in [0.717, 1.165) is 61.2 Å². The lowest BCUT2D eigenvalue weighted by molar-refractivity contribution is 0.668. The molecule has 10 rings (SSSR count). The molecule has 4 nitrogen and oxygen atoms in total. The van der Waals surface area contributed by atoms with Crippen LogP contribution in [0.3, 0.4) is 0 Å². The van der Waals surface area contributed by atoms with Crippen LogP contribution in [0.2, 0.25) is 0 Å². The van der Waals surface area contributed by atoms with Crippen LogP contribution in [-0.2, 0) is 0 Å². The third kappa shape index (κ3) is 2.38. The maximum Gasteiger partial charge on any atom is 0.159 e. The molecule has 40 heavy (non-hydrogen) atoms. The quantitative estimate of drug-likeness (QED) is 0.219. The van der Waals surface area contributed by atoms with Crippen molar-refractivity contribution >= 4 is 82.7 Å². The lowest BCUT2D eigenvalue weighted by Crippen LogP contribution is -2.18. The predicted octanol–water partition coefficient (Wildman–Crippen LogP) is 10.4. The first-order valence-electron chi connectivity index (χ1n) is 13.5. The fourth-order valence-electron chi connectivity index (χ4n) is 6.92. The zero-order valence-corrected chi connectivity index (χ0v) is 21.3. The summed E-state index contributed by atoms with van der Waals surface area (Å²) in [4.78, 5) is 2.37. The van der Waals surface area contributed by atoms with Crippen molar-refractivity contribution in [1.29, 1.82) is 0 Å². The van der Waals surface area contributed by atoms with Crippen molar-refractivity contribution in [3.8, 4) is 5.69 Å². The summed E-state index contributed by atoms with van der Waals surface area (Å²) in [6, 6.07) is 42.7. The van der Waals surface area contributed by atoms with Gasteiger partial charge in [0.25, 0.3) is 0 Å². The summed E-state index contributed by atoms with van der Waals surface area (Å²) in [7, 11) is 0. The molecular formula is C36H20N2O2. The Morgan fingerprint density at radius 3 is 1.93 bits per heavy atom. The number of furan rings is 2. The van der Waals surface area contributed by atoms with E-state index in [1.807, 2.05) is 18.2 Å². The number of hydrogen-bond acceptors (Lipinski definition) is 3. The van der Waals surface area contributed by atoms with Gasteiger partial charge in [0.15, 0.2) is 5.58 Å². The predicted molar refractivity (Wildman–Crippen MR) is 164 cm³/mol. The van der Waals surface area contributed by atoms with Crippen LogP contribution in [0, 0.1) is 0 Å². The van der Waals surface area contributed by atoms with E-state index in [-0.39, 0.29) is 0 Å². The SMILES string of the molecule is c1ccc2c(c1)N(c1cccc3c1oc1ccccc13)c1cccc3c4c5c(ccc4n-2c13)oc1ccccc15. The van der Waals surface area contributed by atoms with Crippen molar-refractivity contribution < 1.29 is 8.83 Å². The molecule has 1 aliphatic heterocycles. The van der Waals surface area contributed by atoms with Gasteiger partial charge in [-0.2, -0.15) is 0 Å². The molecule has 0 fully saturated rings. The Kier molecular flexibility index (Phi) is 3.65. The number of fused-ring (bicyclic) bond motifs is 12. The summed E-state index contributed by atoms with van der Waals surface area (Å²) in [5.41, 5.74) is 10.4. The van der Waals surface area contributed by atoms with Gasteiger partial charge in [0.1, 0.15) is 16.7 Å². The normalized spacial score (nSPS) is 12.9. The Hall–Kier alpha value is -5.48. The average molecular weight is 513 g/mol. The average Bonchev–Trinajstić information content (AvgIpc) is 3.68. The maximum atomic E-state index is 6.53. The van der Waals surface area contributed by atoms with Crippen LogP contribution in [0.15, 0.2) is 130 Å². The molecule has 0 saturated heterocycles. The Labute approximate surface area is 227 Å². The van der Waals surface area contributed by atoms with E-state index in [9.17, 15) is 0 Å². The lowest BCUT2D eigenvalue weighted by Gasteiger charge is -2.33. The minimum Gasteiger partial charge on any atom is -0.456 e. The molecule has 1 aliphatic rings. The van der Waals surface area contributed by atoms with Gasteiger partial charge in [0.05, 0.1) is 33.8 Å². The molecule has 0 atom stereocenters. The number of rotatable bonds is 1. The molecule has 0 spiro atoms. The first kappa shape index (κ1) is 20.5. The molecule has 4 heterocycles. The molecule has 0 bridgehead atoms. The largest absolute Gasteiger partial charge is 0.456 e. The standard InChI is InChI=1S/C36H20N2O2/c1-5-17-30-21(9-1)22-11-7-16-29(36(22)40-30)37-25-13-3-4-14-26(25)38-27-19-20-32-34(23-10-2-6-18-31(23)39-32)33(27)24-12-8-15-28(37)35(24)38/h1-20H. The van der Waals surface area contributed by atoms with Crippen molar-refractivity contribution in [1.82, 2.24) is 4.57 Å². The number of nitrogens with zero attached hydrogens (tertiary/aromatic N) is 2. The molecule has 0 aliphatic carbocycles. The molecule has 0 radical (unpaired) electrons. The first-order chi connectivity index (χ1) is 19.9. The van der Waals surface area contributed by atoms with Gasteiger partial charge < -0.3 is 18.3 Å². The summed E-state index contributed by atoms with van der Waals surface area (Å²) in [6.07, 6.45) is 0. The summed E-state index contributed by atoms with van der Waals surface area (Å²) < 4.78 is 15.3. The number of benzene rings is 6.